The van der Waals surface area contributed by atoms with E-state index < -0.39 is 0 Å². The summed E-state index contributed by atoms with van der Waals surface area (Å²) in [6.07, 6.45) is 3.98. The summed E-state index contributed by atoms with van der Waals surface area (Å²) in [7, 11) is 0. The van der Waals surface area contributed by atoms with E-state index in [0.29, 0.717) is 18.4 Å². The molecular formula is C17H28Cl2N2O2. The Morgan fingerprint density at radius 3 is 2.57 bits per heavy atom. The summed E-state index contributed by atoms with van der Waals surface area (Å²) in [5, 5.41) is 13.3. The third kappa shape index (κ3) is 5.42. The van der Waals surface area contributed by atoms with Crippen molar-refractivity contribution in [3.05, 3.63) is 23.8 Å². The Kier molecular flexibility index (Phi) is 8.48. The Hall–Kier alpha value is -0.680. The van der Waals surface area contributed by atoms with Gasteiger partial charge in [0, 0.05) is 32.2 Å². The predicted octanol–water partition coefficient (Wildman–Crippen LogP) is 3.38. The number of phenols is 1. The van der Waals surface area contributed by atoms with Crippen LogP contribution in [0.2, 0.25) is 0 Å². The van der Waals surface area contributed by atoms with Gasteiger partial charge in [-0.3, -0.25) is 4.90 Å². The second kappa shape index (κ2) is 9.58. The van der Waals surface area contributed by atoms with Gasteiger partial charge in [-0.15, -0.1) is 24.8 Å². The molecule has 23 heavy (non-hydrogen) atoms. The monoisotopic (exact) mass is 362 g/mol. The SMILES string of the molecule is CCOc1cc([C@@H](CC2CC2)N2CCNCC2)ccc1O.Cl.Cl. The summed E-state index contributed by atoms with van der Waals surface area (Å²) >= 11 is 0. The van der Waals surface area contributed by atoms with E-state index in [0.717, 1.165) is 32.1 Å². The van der Waals surface area contributed by atoms with Crippen LogP contribution < -0.4 is 10.1 Å². The fraction of sp³-hybridized carbons (Fsp3) is 0.647. The van der Waals surface area contributed by atoms with E-state index in [2.05, 4.69) is 16.3 Å². The molecule has 0 bridgehead atoms. The van der Waals surface area contributed by atoms with E-state index in [-0.39, 0.29) is 30.6 Å². The molecule has 6 heteroatoms. The molecule has 2 fully saturated rings. The molecule has 1 aromatic carbocycles. The minimum Gasteiger partial charge on any atom is -0.504 e. The van der Waals surface area contributed by atoms with E-state index in [1.165, 1.54) is 24.8 Å². The summed E-state index contributed by atoms with van der Waals surface area (Å²) in [5.41, 5.74) is 1.28. The Morgan fingerprint density at radius 2 is 1.96 bits per heavy atom. The van der Waals surface area contributed by atoms with Gasteiger partial charge in [-0.1, -0.05) is 18.9 Å². The number of ether oxygens (including phenoxy) is 1. The van der Waals surface area contributed by atoms with Gasteiger partial charge in [0.2, 0.25) is 0 Å². The highest BCUT2D eigenvalue weighted by molar-refractivity contribution is 5.85. The van der Waals surface area contributed by atoms with Crippen molar-refractivity contribution in [3.63, 3.8) is 0 Å². The van der Waals surface area contributed by atoms with Crippen LogP contribution in [0.15, 0.2) is 18.2 Å². The molecule has 1 aromatic rings. The highest BCUT2D eigenvalue weighted by Crippen LogP contribution is 2.41. The lowest BCUT2D eigenvalue weighted by atomic mass is 9.98. The van der Waals surface area contributed by atoms with Gasteiger partial charge in [0.25, 0.3) is 0 Å². The Labute approximate surface area is 151 Å². The van der Waals surface area contributed by atoms with E-state index >= 15 is 0 Å². The average molecular weight is 363 g/mol. The molecule has 1 atom stereocenters. The Balaban J connectivity index is 0.00000132. The molecule has 1 saturated heterocycles. The van der Waals surface area contributed by atoms with Gasteiger partial charge in [-0.05, 0) is 37.0 Å². The van der Waals surface area contributed by atoms with Crippen molar-refractivity contribution in [1.82, 2.24) is 10.2 Å². The van der Waals surface area contributed by atoms with Gasteiger partial charge < -0.3 is 15.2 Å². The van der Waals surface area contributed by atoms with Crippen molar-refractivity contribution < 1.29 is 9.84 Å². The highest BCUT2D eigenvalue weighted by atomic mass is 35.5. The number of nitrogens with one attached hydrogen (secondary N) is 1. The van der Waals surface area contributed by atoms with Gasteiger partial charge in [-0.2, -0.15) is 0 Å². The maximum atomic E-state index is 9.90. The maximum absolute atomic E-state index is 9.90. The van der Waals surface area contributed by atoms with Gasteiger partial charge in [0.15, 0.2) is 11.5 Å². The molecule has 0 unspecified atom stereocenters. The molecule has 0 radical (unpaired) electrons. The van der Waals surface area contributed by atoms with Crippen molar-refractivity contribution in [1.29, 1.82) is 0 Å². The highest BCUT2D eigenvalue weighted by Gasteiger charge is 2.30. The number of benzene rings is 1. The molecule has 132 valence electrons. The van der Waals surface area contributed by atoms with Crippen LogP contribution in [-0.2, 0) is 0 Å². The molecule has 0 amide bonds. The third-order valence-corrected chi connectivity index (χ3v) is 4.51. The normalized spacial score (nSPS) is 19.3. The van der Waals surface area contributed by atoms with Crippen LogP contribution in [0.5, 0.6) is 11.5 Å². The fourth-order valence-electron chi connectivity index (χ4n) is 3.17. The second-order valence-electron chi connectivity index (χ2n) is 6.14. The molecule has 2 aliphatic rings. The minimum absolute atomic E-state index is 0. The Morgan fingerprint density at radius 1 is 1.26 bits per heavy atom. The molecule has 1 aliphatic carbocycles. The topological polar surface area (TPSA) is 44.7 Å². The largest absolute Gasteiger partial charge is 0.504 e. The summed E-state index contributed by atoms with van der Waals surface area (Å²) < 4.78 is 5.55. The van der Waals surface area contributed by atoms with Crippen molar-refractivity contribution in [2.24, 2.45) is 5.92 Å². The van der Waals surface area contributed by atoms with Crippen LogP contribution in [0, 0.1) is 5.92 Å². The summed E-state index contributed by atoms with van der Waals surface area (Å²) in [6.45, 7) is 6.86. The number of hydrogen-bond donors (Lipinski definition) is 2. The first kappa shape index (κ1) is 20.4. The van der Waals surface area contributed by atoms with Gasteiger partial charge in [0.05, 0.1) is 6.61 Å². The number of rotatable bonds is 6. The lowest BCUT2D eigenvalue weighted by Gasteiger charge is -2.35. The van der Waals surface area contributed by atoms with Crippen LogP contribution >= 0.6 is 24.8 Å². The molecule has 3 rings (SSSR count). The number of halogens is 2. The number of aromatic hydroxyl groups is 1. The van der Waals surface area contributed by atoms with Crippen molar-refractivity contribution in [3.8, 4) is 11.5 Å². The van der Waals surface area contributed by atoms with Crippen LogP contribution in [0.3, 0.4) is 0 Å². The number of nitrogens with zero attached hydrogens (tertiary/aromatic N) is 1. The van der Waals surface area contributed by atoms with Gasteiger partial charge >= 0.3 is 0 Å². The zero-order valence-electron chi connectivity index (χ0n) is 13.7. The number of piperazine rings is 1. The van der Waals surface area contributed by atoms with E-state index in [1.54, 1.807) is 6.07 Å². The molecule has 1 saturated carbocycles. The number of hydrogen-bond acceptors (Lipinski definition) is 4. The van der Waals surface area contributed by atoms with Gasteiger partial charge in [0.1, 0.15) is 0 Å². The molecule has 0 spiro atoms. The van der Waals surface area contributed by atoms with Crippen LogP contribution in [0.4, 0.5) is 0 Å². The minimum atomic E-state index is 0. The average Bonchev–Trinajstić information content (AvgIpc) is 3.33. The zero-order chi connectivity index (χ0) is 14.7. The van der Waals surface area contributed by atoms with Crippen molar-refractivity contribution in [2.75, 3.05) is 32.8 Å². The van der Waals surface area contributed by atoms with Crippen LogP contribution in [0.25, 0.3) is 0 Å². The molecule has 1 aliphatic heterocycles. The van der Waals surface area contributed by atoms with E-state index in [9.17, 15) is 5.11 Å². The molecule has 4 nitrogen and oxygen atoms in total. The standard InChI is InChI=1S/C17H26N2O2.2ClH/c1-2-21-17-12-14(5-6-16(17)20)15(11-13-3-4-13)19-9-7-18-8-10-19;;/h5-6,12-13,15,18,20H,2-4,7-11H2,1H3;2*1H/t15-;;/m1../s1. The summed E-state index contributed by atoms with van der Waals surface area (Å²) in [6, 6.07) is 6.34. The number of phenolic OH excluding ortho intramolecular Hbond substituents is 1. The van der Waals surface area contributed by atoms with Crippen molar-refractivity contribution in [2.45, 2.75) is 32.2 Å². The first-order valence-corrected chi connectivity index (χ1v) is 8.18. The van der Waals surface area contributed by atoms with Crippen LogP contribution in [0.1, 0.15) is 37.8 Å². The van der Waals surface area contributed by atoms with Crippen LogP contribution in [-0.4, -0.2) is 42.8 Å². The smallest absolute Gasteiger partial charge is 0.161 e. The summed E-state index contributed by atoms with van der Waals surface area (Å²) in [4.78, 5) is 2.58. The molecule has 2 N–H and O–H groups in total. The quantitative estimate of drug-likeness (QED) is 0.813. The van der Waals surface area contributed by atoms with E-state index in [4.69, 9.17) is 4.74 Å². The fourth-order valence-corrected chi connectivity index (χ4v) is 3.17. The molecular weight excluding hydrogens is 335 g/mol. The first-order valence-electron chi connectivity index (χ1n) is 8.18. The lowest BCUT2D eigenvalue weighted by molar-refractivity contribution is 0.160. The molecule has 0 aromatic heterocycles. The van der Waals surface area contributed by atoms with Crippen molar-refractivity contribution >= 4 is 24.8 Å². The Bertz CT molecular complexity index is 478. The maximum Gasteiger partial charge on any atom is 0.161 e. The zero-order valence-corrected chi connectivity index (χ0v) is 15.3. The molecule has 1 heterocycles. The lowest BCUT2D eigenvalue weighted by Crippen LogP contribution is -2.45. The second-order valence-corrected chi connectivity index (χ2v) is 6.14. The predicted molar refractivity (Wildman–Crippen MR) is 98.3 cm³/mol. The summed E-state index contributed by atoms with van der Waals surface area (Å²) in [5.74, 6) is 1.74. The first-order chi connectivity index (χ1) is 10.3. The third-order valence-electron chi connectivity index (χ3n) is 4.51. The van der Waals surface area contributed by atoms with Gasteiger partial charge in [-0.25, -0.2) is 0 Å². The van der Waals surface area contributed by atoms with E-state index in [1.807, 2.05) is 13.0 Å².